The van der Waals surface area contributed by atoms with Gasteiger partial charge in [-0.25, -0.2) is 0 Å². The number of aryl methyl sites for hydroxylation is 2. The van der Waals surface area contributed by atoms with Gasteiger partial charge in [0.15, 0.2) is 0 Å². The SMILES string of the molecule is Cc1cc(NC2CCOc3ccccc32)cc(C)c1Br. The third-order valence-electron chi connectivity index (χ3n) is 3.74. The smallest absolute Gasteiger partial charge is 0.124 e. The van der Waals surface area contributed by atoms with Crippen LogP contribution in [0.15, 0.2) is 40.9 Å². The fourth-order valence-electron chi connectivity index (χ4n) is 2.72. The van der Waals surface area contributed by atoms with Crippen molar-refractivity contribution >= 4 is 21.6 Å². The molecule has 0 spiro atoms. The van der Waals surface area contributed by atoms with Gasteiger partial charge < -0.3 is 10.1 Å². The summed E-state index contributed by atoms with van der Waals surface area (Å²) in [5, 5.41) is 3.65. The van der Waals surface area contributed by atoms with Gasteiger partial charge in [-0.1, -0.05) is 34.1 Å². The van der Waals surface area contributed by atoms with E-state index in [2.05, 4.69) is 59.4 Å². The molecular weight excluding hydrogens is 314 g/mol. The van der Waals surface area contributed by atoms with E-state index in [-0.39, 0.29) is 0 Å². The van der Waals surface area contributed by atoms with Gasteiger partial charge in [0.2, 0.25) is 0 Å². The Morgan fingerprint density at radius 2 is 1.85 bits per heavy atom. The lowest BCUT2D eigenvalue weighted by molar-refractivity contribution is 0.274. The fraction of sp³-hybridized carbons (Fsp3) is 0.294. The van der Waals surface area contributed by atoms with Crippen LogP contribution in [0.3, 0.4) is 0 Å². The van der Waals surface area contributed by atoms with Crippen LogP contribution < -0.4 is 10.1 Å². The third-order valence-corrected chi connectivity index (χ3v) is 4.99. The predicted molar refractivity (Wildman–Crippen MR) is 86.5 cm³/mol. The maximum atomic E-state index is 5.71. The molecule has 2 nitrogen and oxygen atoms in total. The van der Waals surface area contributed by atoms with Gasteiger partial charge in [0.25, 0.3) is 0 Å². The van der Waals surface area contributed by atoms with Crippen molar-refractivity contribution < 1.29 is 4.74 Å². The number of hydrogen-bond acceptors (Lipinski definition) is 2. The van der Waals surface area contributed by atoms with E-state index >= 15 is 0 Å². The average Bonchev–Trinajstić information content (AvgIpc) is 2.45. The van der Waals surface area contributed by atoms with Crippen LogP contribution in [-0.4, -0.2) is 6.61 Å². The van der Waals surface area contributed by atoms with Crippen molar-refractivity contribution in [1.29, 1.82) is 0 Å². The highest BCUT2D eigenvalue weighted by atomic mass is 79.9. The summed E-state index contributed by atoms with van der Waals surface area (Å²) < 4.78 is 6.90. The standard InChI is InChI=1S/C17H18BrNO/c1-11-9-13(10-12(2)17(11)18)19-15-7-8-20-16-6-4-3-5-14(15)16/h3-6,9-10,15,19H,7-8H2,1-2H3. The number of anilines is 1. The quantitative estimate of drug-likeness (QED) is 0.835. The molecule has 0 aromatic heterocycles. The van der Waals surface area contributed by atoms with E-state index in [4.69, 9.17) is 4.74 Å². The molecule has 0 aliphatic carbocycles. The summed E-state index contributed by atoms with van der Waals surface area (Å²) in [7, 11) is 0. The summed E-state index contributed by atoms with van der Waals surface area (Å²) in [5.41, 5.74) is 4.93. The van der Waals surface area contributed by atoms with Gasteiger partial charge in [-0.15, -0.1) is 0 Å². The number of fused-ring (bicyclic) bond motifs is 1. The average molecular weight is 332 g/mol. The van der Waals surface area contributed by atoms with E-state index in [0.717, 1.165) is 18.8 Å². The first kappa shape index (κ1) is 13.5. The molecule has 3 heteroatoms. The van der Waals surface area contributed by atoms with Gasteiger partial charge in [0, 0.05) is 22.1 Å². The number of benzene rings is 2. The second kappa shape index (κ2) is 5.49. The fourth-order valence-corrected chi connectivity index (χ4v) is 2.95. The summed E-state index contributed by atoms with van der Waals surface area (Å²) in [6.45, 7) is 5.02. The molecule has 2 aromatic carbocycles. The molecule has 1 aliphatic rings. The Hall–Kier alpha value is -1.48. The molecule has 1 N–H and O–H groups in total. The Kier molecular flexibility index (Phi) is 3.70. The Bertz CT molecular complexity index is 616. The van der Waals surface area contributed by atoms with Crippen LogP contribution in [0.4, 0.5) is 5.69 Å². The number of para-hydroxylation sites is 1. The van der Waals surface area contributed by atoms with Crippen molar-refractivity contribution in [1.82, 2.24) is 0 Å². The topological polar surface area (TPSA) is 21.3 Å². The molecule has 1 unspecified atom stereocenters. The molecule has 1 aliphatic heterocycles. The summed E-state index contributed by atoms with van der Waals surface area (Å²) in [5.74, 6) is 1.00. The zero-order valence-corrected chi connectivity index (χ0v) is 13.3. The highest BCUT2D eigenvalue weighted by Crippen LogP contribution is 2.35. The molecule has 0 amide bonds. The molecule has 0 bridgehead atoms. The molecular formula is C17H18BrNO. The second-order valence-corrected chi connectivity index (χ2v) is 6.09. The van der Waals surface area contributed by atoms with Crippen molar-refractivity contribution in [2.75, 3.05) is 11.9 Å². The van der Waals surface area contributed by atoms with E-state index < -0.39 is 0 Å². The van der Waals surface area contributed by atoms with Crippen LogP contribution in [0.5, 0.6) is 5.75 Å². The lowest BCUT2D eigenvalue weighted by Gasteiger charge is -2.27. The first-order valence-corrected chi connectivity index (χ1v) is 7.69. The van der Waals surface area contributed by atoms with Crippen LogP contribution >= 0.6 is 15.9 Å². The highest BCUT2D eigenvalue weighted by molar-refractivity contribution is 9.10. The number of ether oxygens (including phenoxy) is 1. The third kappa shape index (κ3) is 2.55. The molecule has 0 saturated carbocycles. The number of hydrogen-bond donors (Lipinski definition) is 1. The van der Waals surface area contributed by atoms with E-state index in [1.165, 1.54) is 26.9 Å². The van der Waals surface area contributed by atoms with Crippen LogP contribution in [0.1, 0.15) is 29.2 Å². The van der Waals surface area contributed by atoms with Crippen molar-refractivity contribution in [2.45, 2.75) is 26.3 Å². The minimum atomic E-state index is 0.319. The highest BCUT2D eigenvalue weighted by Gasteiger charge is 2.20. The van der Waals surface area contributed by atoms with Gasteiger partial charge in [-0.05, 0) is 43.2 Å². The van der Waals surface area contributed by atoms with Crippen LogP contribution in [-0.2, 0) is 0 Å². The molecule has 3 rings (SSSR count). The Balaban J connectivity index is 1.89. The first-order valence-electron chi connectivity index (χ1n) is 6.90. The molecule has 104 valence electrons. The van der Waals surface area contributed by atoms with Crippen molar-refractivity contribution in [3.8, 4) is 5.75 Å². The largest absolute Gasteiger partial charge is 0.493 e. The van der Waals surface area contributed by atoms with Gasteiger partial charge >= 0.3 is 0 Å². The molecule has 20 heavy (non-hydrogen) atoms. The first-order chi connectivity index (χ1) is 9.65. The maximum Gasteiger partial charge on any atom is 0.124 e. The molecule has 0 radical (unpaired) electrons. The monoisotopic (exact) mass is 331 g/mol. The normalized spacial score (nSPS) is 17.2. The predicted octanol–water partition coefficient (Wildman–Crippen LogP) is 5.00. The van der Waals surface area contributed by atoms with Crippen molar-refractivity contribution in [3.05, 3.63) is 57.6 Å². The summed E-state index contributed by atoms with van der Waals surface area (Å²) >= 11 is 3.62. The van der Waals surface area contributed by atoms with Gasteiger partial charge in [0.05, 0.1) is 12.6 Å². The zero-order chi connectivity index (χ0) is 14.1. The maximum absolute atomic E-state index is 5.71. The lowest BCUT2D eigenvalue weighted by Crippen LogP contribution is -2.20. The number of nitrogens with one attached hydrogen (secondary N) is 1. The molecule has 1 heterocycles. The number of rotatable bonds is 2. The summed E-state index contributed by atoms with van der Waals surface area (Å²) in [4.78, 5) is 0. The molecule has 0 fully saturated rings. The van der Waals surface area contributed by atoms with E-state index in [9.17, 15) is 0 Å². The summed E-state index contributed by atoms with van der Waals surface area (Å²) in [6.07, 6.45) is 0.991. The minimum absolute atomic E-state index is 0.319. The van der Waals surface area contributed by atoms with Gasteiger partial charge in [-0.3, -0.25) is 0 Å². The van der Waals surface area contributed by atoms with Crippen molar-refractivity contribution in [2.24, 2.45) is 0 Å². The minimum Gasteiger partial charge on any atom is -0.493 e. The van der Waals surface area contributed by atoms with Gasteiger partial charge in [0.1, 0.15) is 5.75 Å². The van der Waals surface area contributed by atoms with Crippen molar-refractivity contribution in [3.63, 3.8) is 0 Å². The van der Waals surface area contributed by atoms with Crippen LogP contribution in [0.25, 0.3) is 0 Å². The Morgan fingerprint density at radius 1 is 1.15 bits per heavy atom. The summed E-state index contributed by atoms with van der Waals surface area (Å²) in [6, 6.07) is 13.0. The Labute approximate surface area is 128 Å². The van der Waals surface area contributed by atoms with E-state index in [1.807, 2.05) is 12.1 Å². The van der Waals surface area contributed by atoms with Gasteiger partial charge in [-0.2, -0.15) is 0 Å². The lowest BCUT2D eigenvalue weighted by atomic mass is 10.00. The van der Waals surface area contributed by atoms with Crippen LogP contribution in [0.2, 0.25) is 0 Å². The van der Waals surface area contributed by atoms with E-state index in [1.54, 1.807) is 0 Å². The number of halogens is 1. The zero-order valence-electron chi connectivity index (χ0n) is 11.7. The second-order valence-electron chi connectivity index (χ2n) is 5.30. The van der Waals surface area contributed by atoms with E-state index in [0.29, 0.717) is 6.04 Å². The molecule has 1 atom stereocenters. The molecule has 0 saturated heterocycles. The Morgan fingerprint density at radius 3 is 2.60 bits per heavy atom. The molecule has 2 aromatic rings. The van der Waals surface area contributed by atoms with Crippen LogP contribution in [0, 0.1) is 13.8 Å².